The van der Waals surface area contributed by atoms with Crippen LogP contribution >= 0.6 is 0 Å². The summed E-state index contributed by atoms with van der Waals surface area (Å²) in [6.45, 7) is 2.27. The monoisotopic (exact) mass is 317 g/mol. The minimum atomic E-state index is -1.07. The fraction of sp³-hybridized carbons (Fsp3) is 0.333. The molecule has 1 atom stereocenters. The van der Waals surface area contributed by atoms with Crippen molar-refractivity contribution in [2.75, 3.05) is 19.8 Å². The Hall–Kier alpha value is -2.74. The highest BCUT2D eigenvalue weighted by Gasteiger charge is 2.33. The van der Waals surface area contributed by atoms with Gasteiger partial charge in [0.1, 0.15) is 0 Å². The Morgan fingerprint density at radius 2 is 2.00 bits per heavy atom. The topological polar surface area (TPSA) is 106 Å². The summed E-state index contributed by atoms with van der Waals surface area (Å²) < 4.78 is 10.5. The Kier molecular flexibility index (Phi) is 4.07. The van der Waals surface area contributed by atoms with E-state index in [1.807, 2.05) is 0 Å². The summed E-state index contributed by atoms with van der Waals surface area (Å²) in [5.74, 6) is -0.584. The van der Waals surface area contributed by atoms with E-state index in [0.717, 1.165) is 0 Å². The molecule has 8 nitrogen and oxygen atoms in total. The first-order valence-corrected chi connectivity index (χ1v) is 7.08. The lowest BCUT2D eigenvalue weighted by atomic mass is 10.1. The van der Waals surface area contributed by atoms with Crippen molar-refractivity contribution in [1.82, 2.24) is 15.1 Å². The Bertz CT molecular complexity index is 725. The summed E-state index contributed by atoms with van der Waals surface area (Å²) in [6.07, 6.45) is 0. The van der Waals surface area contributed by atoms with Gasteiger partial charge >= 0.3 is 5.97 Å². The molecule has 1 aromatic carbocycles. The Labute approximate surface area is 131 Å². The quantitative estimate of drug-likeness (QED) is 0.899. The van der Waals surface area contributed by atoms with E-state index in [4.69, 9.17) is 9.15 Å². The van der Waals surface area contributed by atoms with E-state index >= 15 is 0 Å². The van der Waals surface area contributed by atoms with Crippen molar-refractivity contribution in [1.29, 1.82) is 0 Å². The van der Waals surface area contributed by atoms with Gasteiger partial charge < -0.3 is 19.2 Å². The van der Waals surface area contributed by atoms with Crippen LogP contribution < -0.4 is 0 Å². The molecule has 1 aromatic heterocycles. The van der Waals surface area contributed by atoms with Gasteiger partial charge in [-0.3, -0.25) is 4.79 Å². The van der Waals surface area contributed by atoms with Crippen LogP contribution in [0.4, 0.5) is 0 Å². The third-order valence-electron chi connectivity index (χ3n) is 3.58. The second kappa shape index (κ2) is 6.17. The number of amides is 1. The maximum atomic E-state index is 12.5. The van der Waals surface area contributed by atoms with Crippen molar-refractivity contribution >= 4 is 11.9 Å². The number of nitrogens with zero attached hydrogens (tertiary/aromatic N) is 3. The zero-order valence-electron chi connectivity index (χ0n) is 12.4. The first-order chi connectivity index (χ1) is 11.1. The van der Waals surface area contributed by atoms with Crippen LogP contribution in [0, 0.1) is 6.92 Å². The molecule has 120 valence electrons. The van der Waals surface area contributed by atoms with Crippen LogP contribution in [0.3, 0.4) is 0 Å². The summed E-state index contributed by atoms with van der Waals surface area (Å²) in [4.78, 5) is 25.1. The van der Waals surface area contributed by atoms with Crippen molar-refractivity contribution in [2.45, 2.75) is 13.0 Å². The molecular formula is C15H15N3O5. The van der Waals surface area contributed by atoms with Crippen LogP contribution in [-0.4, -0.2) is 57.9 Å². The molecule has 1 amide bonds. The third-order valence-corrected chi connectivity index (χ3v) is 3.58. The lowest BCUT2D eigenvalue weighted by Gasteiger charge is -2.32. The van der Waals surface area contributed by atoms with Crippen LogP contribution in [-0.2, 0) is 9.53 Å². The summed E-state index contributed by atoms with van der Waals surface area (Å²) in [5, 5.41) is 16.9. The molecular weight excluding hydrogens is 302 g/mol. The zero-order chi connectivity index (χ0) is 16.4. The van der Waals surface area contributed by atoms with Gasteiger partial charge in [-0.2, -0.15) is 0 Å². The number of carbonyl (C=O) groups is 2. The molecule has 2 heterocycles. The number of hydrogen-bond donors (Lipinski definition) is 1. The van der Waals surface area contributed by atoms with Crippen molar-refractivity contribution < 1.29 is 23.8 Å². The second-order valence-electron chi connectivity index (χ2n) is 5.13. The molecule has 1 fully saturated rings. The highest BCUT2D eigenvalue weighted by atomic mass is 16.5. The van der Waals surface area contributed by atoms with Crippen molar-refractivity contribution in [2.24, 2.45) is 0 Å². The molecule has 8 heteroatoms. The highest BCUT2D eigenvalue weighted by molar-refractivity contribution is 5.97. The van der Waals surface area contributed by atoms with Gasteiger partial charge in [0, 0.05) is 24.6 Å². The van der Waals surface area contributed by atoms with Crippen LogP contribution in [0.5, 0.6) is 0 Å². The number of rotatable bonds is 3. The van der Waals surface area contributed by atoms with Gasteiger partial charge in [-0.25, -0.2) is 4.79 Å². The summed E-state index contributed by atoms with van der Waals surface area (Å²) in [6, 6.07) is 5.65. The molecule has 23 heavy (non-hydrogen) atoms. The normalized spacial score (nSPS) is 18.0. The third kappa shape index (κ3) is 3.07. The number of benzene rings is 1. The predicted molar refractivity (Wildman–Crippen MR) is 77.8 cm³/mol. The van der Waals surface area contributed by atoms with E-state index in [0.29, 0.717) is 29.5 Å². The van der Waals surface area contributed by atoms with E-state index < -0.39 is 12.0 Å². The molecule has 1 N–H and O–H groups in total. The minimum absolute atomic E-state index is 0.000415. The smallest absolute Gasteiger partial charge is 0.328 e. The highest BCUT2D eigenvalue weighted by Crippen LogP contribution is 2.20. The number of hydrogen-bond acceptors (Lipinski definition) is 6. The van der Waals surface area contributed by atoms with Crippen LogP contribution in [0.15, 0.2) is 28.7 Å². The van der Waals surface area contributed by atoms with E-state index in [1.54, 1.807) is 31.2 Å². The molecule has 0 aliphatic carbocycles. The first-order valence-electron chi connectivity index (χ1n) is 7.08. The average Bonchev–Trinajstić information content (AvgIpc) is 3.01. The van der Waals surface area contributed by atoms with Gasteiger partial charge in [0.2, 0.25) is 11.8 Å². The van der Waals surface area contributed by atoms with E-state index in [2.05, 4.69) is 10.2 Å². The Balaban J connectivity index is 1.80. The van der Waals surface area contributed by atoms with Crippen LogP contribution in [0.2, 0.25) is 0 Å². The molecule has 0 radical (unpaired) electrons. The van der Waals surface area contributed by atoms with Crippen molar-refractivity contribution in [3.63, 3.8) is 0 Å². The molecule has 0 spiro atoms. The largest absolute Gasteiger partial charge is 0.480 e. The first kappa shape index (κ1) is 15.2. The van der Waals surface area contributed by atoms with E-state index in [1.165, 1.54) is 4.90 Å². The number of carbonyl (C=O) groups excluding carboxylic acids is 1. The number of carboxylic acids is 1. The molecule has 2 aromatic rings. The number of ether oxygens (including phenoxy) is 1. The maximum absolute atomic E-state index is 12.5. The lowest BCUT2D eigenvalue weighted by molar-refractivity contribution is -0.147. The number of carboxylic acid groups (broad SMARTS) is 1. The number of aromatic nitrogens is 2. The SMILES string of the molecule is Cc1nnc(-c2ccc(C(=O)N3CCOCC3C(=O)O)cc2)o1. The second-order valence-corrected chi connectivity index (χ2v) is 5.13. The Morgan fingerprint density at radius 3 is 2.61 bits per heavy atom. The molecule has 3 rings (SSSR count). The van der Waals surface area contributed by atoms with Gasteiger partial charge in [0.15, 0.2) is 6.04 Å². The molecule has 1 unspecified atom stereocenters. The zero-order valence-corrected chi connectivity index (χ0v) is 12.4. The predicted octanol–water partition coefficient (Wildman–Crippen LogP) is 0.971. The summed E-state index contributed by atoms with van der Waals surface area (Å²) >= 11 is 0. The van der Waals surface area contributed by atoms with Crippen molar-refractivity contribution in [3.05, 3.63) is 35.7 Å². The Morgan fingerprint density at radius 1 is 1.26 bits per heavy atom. The molecule has 1 aliphatic heterocycles. The average molecular weight is 317 g/mol. The van der Waals surface area contributed by atoms with Gasteiger partial charge in [-0.05, 0) is 24.3 Å². The fourth-order valence-electron chi connectivity index (χ4n) is 2.39. The number of morpholine rings is 1. The van der Waals surface area contributed by atoms with Gasteiger partial charge in [-0.1, -0.05) is 0 Å². The molecule has 0 saturated carbocycles. The number of aliphatic carboxylic acids is 1. The van der Waals surface area contributed by atoms with Gasteiger partial charge in [-0.15, -0.1) is 10.2 Å². The molecule has 1 aliphatic rings. The standard InChI is InChI=1S/C15H15N3O5/c1-9-16-17-13(23-9)10-2-4-11(5-3-10)14(19)18-6-7-22-8-12(18)15(20)21/h2-5,12H,6-8H2,1H3,(H,20,21). The summed E-state index contributed by atoms with van der Waals surface area (Å²) in [7, 11) is 0. The van der Waals surface area contributed by atoms with E-state index in [9.17, 15) is 14.7 Å². The fourth-order valence-corrected chi connectivity index (χ4v) is 2.39. The number of aryl methyl sites for hydroxylation is 1. The van der Waals surface area contributed by atoms with Gasteiger partial charge in [0.25, 0.3) is 5.91 Å². The molecule has 0 bridgehead atoms. The van der Waals surface area contributed by atoms with E-state index in [-0.39, 0.29) is 19.1 Å². The maximum Gasteiger partial charge on any atom is 0.328 e. The van der Waals surface area contributed by atoms with Crippen LogP contribution in [0.1, 0.15) is 16.2 Å². The minimum Gasteiger partial charge on any atom is -0.480 e. The lowest BCUT2D eigenvalue weighted by Crippen LogP contribution is -2.52. The van der Waals surface area contributed by atoms with Gasteiger partial charge in [0.05, 0.1) is 13.2 Å². The molecule has 1 saturated heterocycles. The van der Waals surface area contributed by atoms with Crippen molar-refractivity contribution in [3.8, 4) is 11.5 Å². The van der Waals surface area contributed by atoms with Crippen LogP contribution in [0.25, 0.3) is 11.5 Å². The summed E-state index contributed by atoms with van der Waals surface area (Å²) in [5.41, 5.74) is 1.09.